The van der Waals surface area contributed by atoms with Crippen LogP contribution >= 0.6 is 11.3 Å². The second-order valence-electron chi connectivity index (χ2n) is 7.29. The lowest BCUT2D eigenvalue weighted by Crippen LogP contribution is -2.15. The van der Waals surface area contributed by atoms with Gasteiger partial charge in [-0.15, -0.1) is 11.3 Å². The zero-order valence-corrected chi connectivity index (χ0v) is 18.2. The molecule has 0 bridgehead atoms. The minimum absolute atomic E-state index is 0.310. The van der Waals surface area contributed by atoms with E-state index >= 15 is 0 Å². The van der Waals surface area contributed by atoms with Gasteiger partial charge in [-0.1, -0.05) is 29.8 Å². The Labute approximate surface area is 188 Å². The van der Waals surface area contributed by atoms with Gasteiger partial charge in [0.1, 0.15) is 19.0 Å². The zero-order valence-electron chi connectivity index (χ0n) is 17.4. The van der Waals surface area contributed by atoms with Crippen LogP contribution in [0.4, 0.5) is 10.1 Å². The third-order valence-corrected chi connectivity index (χ3v) is 5.80. The molecule has 1 aromatic heterocycles. The van der Waals surface area contributed by atoms with Crippen molar-refractivity contribution in [1.29, 1.82) is 0 Å². The van der Waals surface area contributed by atoms with Gasteiger partial charge >= 0.3 is 0 Å². The first-order chi connectivity index (χ1) is 15.7. The highest BCUT2D eigenvalue weighted by atomic mass is 32.1. The number of thiazole rings is 1. The van der Waals surface area contributed by atoms with Gasteiger partial charge in [-0.2, -0.15) is 5.10 Å². The summed E-state index contributed by atoms with van der Waals surface area (Å²) in [5, 5.41) is 6.53. The first kappa shape index (κ1) is 20.2. The molecule has 0 spiro atoms. The molecule has 7 heteroatoms. The van der Waals surface area contributed by atoms with E-state index in [0.29, 0.717) is 35.0 Å². The van der Waals surface area contributed by atoms with Crippen molar-refractivity contribution in [2.45, 2.75) is 6.92 Å². The Morgan fingerprint density at radius 1 is 0.969 bits per heavy atom. The van der Waals surface area contributed by atoms with Gasteiger partial charge in [0, 0.05) is 10.9 Å². The van der Waals surface area contributed by atoms with Crippen LogP contribution in [0, 0.1) is 12.7 Å². The fourth-order valence-electron chi connectivity index (χ4n) is 3.34. The molecule has 0 saturated heterocycles. The van der Waals surface area contributed by atoms with Gasteiger partial charge in [0.2, 0.25) is 4.80 Å². The number of aromatic nitrogens is 1. The van der Waals surface area contributed by atoms with Crippen molar-refractivity contribution < 1.29 is 13.9 Å². The number of hydrogen-bond acceptors (Lipinski definition) is 5. The van der Waals surface area contributed by atoms with Crippen molar-refractivity contribution in [3.05, 3.63) is 93.9 Å². The van der Waals surface area contributed by atoms with Crippen molar-refractivity contribution in [3.63, 3.8) is 0 Å². The maximum Gasteiger partial charge on any atom is 0.211 e. The molecule has 0 atom stereocenters. The number of fused-ring (bicyclic) bond motifs is 1. The highest BCUT2D eigenvalue weighted by Crippen LogP contribution is 2.30. The van der Waals surface area contributed by atoms with Gasteiger partial charge in [-0.3, -0.25) is 0 Å². The van der Waals surface area contributed by atoms with E-state index in [-0.39, 0.29) is 5.82 Å². The molecule has 0 N–H and O–H groups in total. The molecule has 3 aromatic carbocycles. The predicted molar refractivity (Wildman–Crippen MR) is 125 cm³/mol. The monoisotopic (exact) mass is 445 g/mol. The van der Waals surface area contributed by atoms with Crippen LogP contribution in [-0.2, 0) is 0 Å². The van der Waals surface area contributed by atoms with Crippen LogP contribution in [-0.4, -0.2) is 24.1 Å². The number of benzene rings is 3. The molecular weight excluding hydrogens is 425 g/mol. The molecule has 5 rings (SSSR count). The van der Waals surface area contributed by atoms with Crippen molar-refractivity contribution in [1.82, 2.24) is 4.68 Å². The van der Waals surface area contributed by atoms with Crippen LogP contribution in [0.2, 0.25) is 0 Å². The molecule has 0 unspecified atom stereocenters. The van der Waals surface area contributed by atoms with Crippen molar-refractivity contribution in [3.8, 4) is 22.8 Å². The van der Waals surface area contributed by atoms with Crippen LogP contribution in [0.15, 0.2) is 82.2 Å². The van der Waals surface area contributed by atoms with E-state index in [1.165, 1.54) is 17.4 Å². The average Bonchev–Trinajstić information content (AvgIpc) is 3.21. The highest BCUT2D eigenvalue weighted by molar-refractivity contribution is 7.07. The Balaban J connectivity index is 1.60. The minimum atomic E-state index is -0.310. The summed E-state index contributed by atoms with van der Waals surface area (Å²) in [6, 6.07) is 20.2. The Morgan fingerprint density at radius 2 is 1.75 bits per heavy atom. The summed E-state index contributed by atoms with van der Waals surface area (Å²) in [4.78, 5) is 5.38. The highest BCUT2D eigenvalue weighted by Gasteiger charge is 2.13. The van der Waals surface area contributed by atoms with E-state index in [1.54, 1.807) is 23.0 Å². The number of aryl methyl sites for hydroxylation is 1. The lowest BCUT2D eigenvalue weighted by atomic mass is 10.1. The first-order valence-corrected chi connectivity index (χ1v) is 11.1. The van der Waals surface area contributed by atoms with Crippen LogP contribution in [0.3, 0.4) is 0 Å². The van der Waals surface area contributed by atoms with E-state index < -0.39 is 0 Å². The summed E-state index contributed by atoms with van der Waals surface area (Å²) in [6.45, 7) is 3.09. The van der Waals surface area contributed by atoms with Crippen molar-refractivity contribution in [2.24, 2.45) is 10.1 Å². The summed E-state index contributed by atoms with van der Waals surface area (Å²) in [7, 11) is 0. The quantitative estimate of drug-likeness (QED) is 0.387. The summed E-state index contributed by atoms with van der Waals surface area (Å²) >= 11 is 1.41. The molecule has 4 aromatic rings. The van der Waals surface area contributed by atoms with Crippen LogP contribution < -0.4 is 14.3 Å². The minimum Gasteiger partial charge on any atom is -0.486 e. The molecular formula is C25H20FN3O2S. The lowest BCUT2D eigenvalue weighted by Gasteiger charge is -2.18. The molecule has 2 heterocycles. The second kappa shape index (κ2) is 8.80. The second-order valence-corrected chi connectivity index (χ2v) is 8.13. The summed E-state index contributed by atoms with van der Waals surface area (Å²) in [6.07, 6.45) is 1.71. The Kier molecular flexibility index (Phi) is 5.56. The molecule has 0 amide bonds. The standard InChI is InChI=1S/C25H20FN3O2S/c1-17-6-9-19(10-7-17)28-25-29(22(16-32-25)20-4-2-3-5-21(20)26)27-15-18-8-11-23-24(14-18)31-13-12-30-23/h2-11,14-16H,12-13H2,1H3. The Hall–Kier alpha value is -3.71. The van der Waals surface area contributed by atoms with E-state index in [9.17, 15) is 4.39 Å². The van der Waals surface area contributed by atoms with Gasteiger partial charge in [0.25, 0.3) is 0 Å². The van der Waals surface area contributed by atoms with E-state index in [4.69, 9.17) is 14.5 Å². The molecule has 32 heavy (non-hydrogen) atoms. The number of halogens is 1. The molecule has 1 aliphatic rings. The smallest absolute Gasteiger partial charge is 0.211 e. The van der Waals surface area contributed by atoms with Crippen LogP contribution in [0.1, 0.15) is 11.1 Å². The van der Waals surface area contributed by atoms with E-state index in [2.05, 4.69) is 5.10 Å². The summed E-state index contributed by atoms with van der Waals surface area (Å²) in [5.41, 5.74) is 3.90. The molecule has 0 aliphatic carbocycles. The van der Waals surface area contributed by atoms with Crippen LogP contribution in [0.5, 0.6) is 11.5 Å². The Bertz CT molecular complexity index is 1360. The number of nitrogens with zero attached hydrogens (tertiary/aromatic N) is 3. The van der Waals surface area contributed by atoms with E-state index in [0.717, 1.165) is 22.6 Å². The molecule has 0 radical (unpaired) electrons. The third kappa shape index (κ3) is 4.20. The first-order valence-electron chi connectivity index (χ1n) is 10.2. The predicted octanol–water partition coefficient (Wildman–Crippen LogP) is 5.55. The van der Waals surface area contributed by atoms with Gasteiger partial charge < -0.3 is 9.47 Å². The van der Waals surface area contributed by atoms with Gasteiger partial charge in [0.05, 0.1) is 17.6 Å². The summed E-state index contributed by atoms with van der Waals surface area (Å²) in [5.74, 6) is 1.10. The molecule has 5 nitrogen and oxygen atoms in total. The molecule has 160 valence electrons. The fourth-order valence-corrected chi connectivity index (χ4v) is 4.18. The average molecular weight is 446 g/mol. The number of rotatable bonds is 4. The Morgan fingerprint density at radius 3 is 2.56 bits per heavy atom. The van der Waals surface area contributed by atoms with Crippen LogP contribution in [0.25, 0.3) is 11.3 Å². The molecule has 0 saturated carbocycles. The van der Waals surface area contributed by atoms with Gasteiger partial charge in [0.15, 0.2) is 11.5 Å². The zero-order chi connectivity index (χ0) is 21.9. The van der Waals surface area contributed by atoms with E-state index in [1.807, 2.05) is 60.8 Å². The van der Waals surface area contributed by atoms with Crippen molar-refractivity contribution >= 4 is 23.2 Å². The molecule has 1 aliphatic heterocycles. The maximum absolute atomic E-state index is 14.6. The normalized spacial score (nSPS) is 13.6. The number of ether oxygens (including phenoxy) is 2. The maximum atomic E-state index is 14.6. The largest absolute Gasteiger partial charge is 0.486 e. The summed E-state index contributed by atoms with van der Waals surface area (Å²) < 4.78 is 27.5. The lowest BCUT2D eigenvalue weighted by molar-refractivity contribution is 0.171. The number of hydrogen-bond donors (Lipinski definition) is 0. The van der Waals surface area contributed by atoms with Crippen molar-refractivity contribution in [2.75, 3.05) is 13.2 Å². The SMILES string of the molecule is Cc1ccc(N=c2scc(-c3ccccc3F)n2N=Cc2ccc3c(c2)OCCO3)cc1. The van der Waals surface area contributed by atoms with Gasteiger partial charge in [-0.25, -0.2) is 14.1 Å². The molecule has 0 fully saturated rings. The fraction of sp³-hybridized carbons (Fsp3) is 0.120. The topological polar surface area (TPSA) is 48.1 Å². The third-order valence-electron chi connectivity index (χ3n) is 4.98. The van der Waals surface area contributed by atoms with Gasteiger partial charge in [-0.05, 0) is 55.0 Å².